The van der Waals surface area contributed by atoms with Gasteiger partial charge in [0, 0.05) is 24.4 Å². The van der Waals surface area contributed by atoms with Gasteiger partial charge in [0.25, 0.3) is 5.60 Å². The van der Waals surface area contributed by atoms with Crippen molar-refractivity contribution < 1.29 is 50.5 Å². The molecule has 0 aliphatic carbocycles. The van der Waals surface area contributed by atoms with Crippen LogP contribution in [0.2, 0.25) is 0 Å². The highest BCUT2D eigenvalue weighted by Gasteiger charge is 2.73. The Balaban J connectivity index is 2.63. The van der Waals surface area contributed by atoms with Crippen molar-refractivity contribution in [2.75, 3.05) is 13.9 Å². The molecule has 1 N–H and O–H groups in total. The van der Waals surface area contributed by atoms with Crippen molar-refractivity contribution in [1.82, 2.24) is 4.98 Å². The SMILES string of the molecule is C/C=C/c1cc(C(OCOC)(C(F)(F)F)C(F)(F)F)cnc1Oc1cccc(C(=O)O)c1. The highest BCUT2D eigenvalue weighted by Crippen LogP contribution is 2.53. The van der Waals surface area contributed by atoms with Crippen LogP contribution in [0.5, 0.6) is 11.6 Å². The van der Waals surface area contributed by atoms with Crippen molar-refractivity contribution >= 4 is 12.0 Å². The predicted molar refractivity (Wildman–Crippen MR) is 99.2 cm³/mol. The van der Waals surface area contributed by atoms with Crippen LogP contribution in [0.3, 0.4) is 0 Å². The molecule has 12 heteroatoms. The summed E-state index contributed by atoms with van der Waals surface area (Å²) in [6.07, 6.45) is -8.95. The smallest absolute Gasteiger partial charge is 0.431 e. The van der Waals surface area contributed by atoms with Gasteiger partial charge in [-0.1, -0.05) is 18.2 Å². The maximum atomic E-state index is 13.7. The van der Waals surface area contributed by atoms with Gasteiger partial charge in [-0.3, -0.25) is 0 Å². The van der Waals surface area contributed by atoms with Crippen LogP contribution in [-0.4, -0.2) is 42.3 Å². The zero-order valence-corrected chi connectivity index (χ0v) is 16.6. The summed E-state index contributed by atoms with van der Waals surface area (Å²) in [5.41, 5.74) is -6.42. The zero-order valence-electron chi connectivity index (χ0n) is 16.6. The van der Waals surface area contributed by atoms with Crippen LogP contribution in [0.1, 0.15) is 28.4 Å². The number of halogens is 6. The van der Waals surface area contributed by atoms with Gasteiger partial charge in [0.05, 0.1) is 5.56 Å². The normalized spacial score (nSPS) is 12.9. The summed E-state index contributed by atoms with van der Waals surface area (Å²) in [5.74, 6) is -1.65. The Bertz CT molecular complexity index is 973. The second-order valence-electron chi connectivity index (χ2n) is 6.28. The van der Waals surface area contributed by atoms with E-state index in [4.69, 9.17) is 9.84 Å². The Morgan fingerprint density at radius 3 is 2.31 bits per heavy atom. The van der Waals surface area contributed by atoms with Gasteiger partial charge in [-0.05, 0) is 31.2 Å². The van der Waals surface area contributed by atoms with Crippen LogP contribution < -0.4 is 4.74 Å². The first-order chi connectivity index (χ1) is 14.9. The molecular formula is C20H17F6NO5. The number of rotatable bonds is 8. The van der Waals surface area contributed by atoms with Crippen LogP contribution >= 0.6 is 0 Å². The molecule has 1 heterocycles. The molecule has 1 aromatic carbocycles. The topological polar surface area (TPSA) is 77.9 Å². The minimum absolute atomic E-state index is 0.0376. The molecule has 0 aliphatic heterocycles. The number of benzene rings is 1. The number of aromatic nitrogens is 1. The van der Waals surface area contributed by atoms with Gasteiger partial charge in [0.1, 0.15) is 12.5 Å². The van der Waals surface area contributed by atoms with Crippen molar-refractivity contribution in [2.45, 2.75) is 24.9 Å². The molecule has 174 valence electrons. The van der Waals surface area contributed by atoms with E-state index in [0.29, 0.717) is 12.3 Å². The van der Waals surface area contributed by atoms with Gasteiger partial charge in [0.2, 0.25) is 5.88 Å². The first kappa shape index (κ1) is 25.1. The second-order valence-corrected chi connectivity index (χ2v) is 6.28. The number of aromatic carboxylic acids is 1. The minimum Gasteiger partial charge on any atom is -0.478 e. The summed E-state index contributed by atoms with van der Waals surface area (Å²) in [6, 6.07) is 5.67. The Hall–Kier alpha value is -3.12. The number of carbonyl (C=O) groups is 1. The van der Waals surface area contributed by atoms with Crippen LogP contribution in [0.15, 0.2) is 42.6 Å². The molecule has 2 aromatic rings. The Kier molecular flexibility index (Phi) is 7.52. The van der Waals surface area contributed by atoms with E-state index in [1.165, 1.54) is 37.3 Å². The molecule has 0 amide bonds. The van der Waals surface area contributed by atoms with Crippen molar-refractivity contribution in [3.05, 3.63) is 59.3 Å². The fourth-order valence-corrected chi connectivity index (χ4v) is 2.73. The maximum Gasteiger partial charge on any atom is 0.431 e. The molecule has 0 spiro atoms. The van der Waals surface area contributed by atoms with Gasteiger partial charge in [-0.25, -0.2) is 9.78 Å². The summed E-state index contributed by atoms with van der Waals surface area (Å²) in [6.45, 7) is 0.182. The number of hydrogen-bond donors (Lipinski definition) is 1. The van der Waals surface area contributed by atoms with E-state index < -0.39 is 36.3 Å². The fourth-order valence-electron chi connectivity index (χ4n) is 2.73. The molecule has 32 heavy (non-hydrogen) atoms. The molecule has 0 saturated heterocycles. The first-order valence-corrected chi connectivity index (χ1v) is 8.78. The number of ether oxygens (including phenoxy) is 3. The second kappa shape index (κ2) is 9.57. The third-order valence-corrected chi connectivity index (χ3v) is 4.12. The molecule has 2 rings (SSSR count). The number of allylic oxidation sites excluding steroid dienone is 1. The van der Waals surface area contributed by atoms with E-state index in [0.717, 1.165) is 13.2 Å². The number of hydrogen-bond acceptors (Lipinski definition) is 5. The molecule has 0 bridgehead atoms. The summed E-state index contributed by atoms with van der Waals surface area (Å²) in [4.78, 5) is 14.7. The molecule has 0 fully saturated rings. The summed E-state index contributed by atoms with van der Waals surface area (Å²) < 4.78 is 96.3. The third-order valence-electron chi connectivity index (χ3n) is 4.12. The average molecular weight is 465 g/mol. The van der Waals surface area contributed by atoms with E-state index in [9.17, 15) is 31.1 Å². The third kappa shape index (κ3) is 5.02. The van der Waals surface area contributed by atoms with E-state index >= 15 is 0 Å². The molecule has 0 radical (unpaired) electrons. The Labute approximate surface area is 178 Å². The van der Waals surface area contributed by atoms with E-state index in [2.05, 4.69) is 14.5 Å². The molecule has 0 saturated carbocycles. The lowest BCUT2D eigenvalue weighted by atomic mass is 9.92. The Morgan fingerprint density at radius 1 is 1.12 bits per heavy atom. The molecular weight excluding hydrogens is 448 g/mol. The quantitative estimate of drug-likeness (QED) is 0.407. The standard InChI is InChI=1S/C20H17F6NO5/c1-3-5-12-8-14(18(19(21,22)23,20(24,25)26)31-11-30-2)10-27-16(12)32-15-7-4-6-13(9-15)17(28)29/h3-10H,11H2,1-2H3,(H,28,29)/b5-3+. The highest BCUT2D eigenvalue weighted by molar-refractivity contribution is 5.88. The fraction of sp³-hybridized carbons (Fsp3) is 0.300. The summed E-state index contributed by atoms with van der Waals surface area (Å²) >= 11 is 0. The molecule has 0 aliphatic rings. The van der Waals surface area contributed by atoms with Crippen molar-refractivity contribution in [3.8, 4) is 11.6 Å². The van der Waals surface area contributed by atoms with E-state index in [-0.39, 0.29) is 22.8 Å². The minimum atomic E-state index is -5.91. The average Bonchev–Trinajstić information content (AvgIpc) is 2.68. The van der Waals surface area contributed by atoms with Gasteiger partial charge in [0.15, 0.2) is 0 Å². The number of pyridine rings is 1. The van der Waals surface area contributed by atoms with Gasteiger partial charge >= 0.3 is 18.3 Å². The molecule has 0 unspecified atom stereocenters. The number of carboxylic acid groups (broad SMARTS) is 1. The van der Waals surface area contributed by atoms with Gasteiger partial charge in [-0.15, -0.1) is 0 Å². The molecule has 0 atom stereocenters. The van der Waals surface area contributed by atoms with Crippen LogP contribution in [-0.2, 0) is 15.1 Å². The van der Waals surface area contributed by atoms with Crippen LogP contribution in [0, 0.1) is 0 Å². The van der Waals surface area contributed by atoms with Gasteiger partial charge < -0.3 is 19.3 Å². The highest BCUT2D eigenvalue weighted by atomic mass is 19.4. The number of nitrogens with zero attached hydrogens (tertiary/aromatic N) is 1. The molecule has 6 nitrogen and oxygen atoms in total. The summed E-state index contributed by atoms with van der Waals surface area (Å²) in [7, 11) is 0.878. The van der Waals surface area contributed by atoms with Crippen molar-refractivity contribution in [1.29, 1.82) is 0 Å². The largest absolute Gasteiger partial charge is 0.478 e. The lowest BCUT2D eigenvalue weighted by molar-refractivity contribution is -0.400. The lowest BCUT2D eigenvalue weighted by Crippen LogP contribution is -2.56. The van der Waals surface area contributed by atoms with Crippen molar-refractivity contribution in [2.24, 2.45) is 0 Å². The first-order valence-electron chi connectivity index (χ1n) is 8.78. The van der Waals surface area contributed by atoms with E-state index in [1.807, 2.05) is 0 Å². The number of alkyl halides is 6. The summed E-state index contributed by atoms with van der Waals surface area (Å²) in [5, 5.41) is 9.04. The maximum absolute atomic E-state index is 13.7. The van der Waals surface area contributed by atoms with Crippen LogP contribution in [0.25, 0.3) is 6.08 Å². The zero-order chi connectivity index (χ0) is 24.2. The Morgan fingerprint density at radius 2 is 1.78 bits per heavy atom. The van der Waals surface area contributed by atoms with Crippen molar-refractivity contribution in [3.63, 3.8) is 0 Å². The lowest BCUT2D eigenvalue weighted by Gasteiger charge is -2.37. The molecule has 1 aromatic heterocycles. The van der Waals surface area contributed by atoms with Gasteiger partial charge in [-0.2, -0.15) is 26.3 Å². The van der Waals surface area contributed by atoms with E-state index in [1.54, 1.807) is 0 Å². The monoisotopic (exact) mass is 465 g/mol. The number of carboxylic acids is 1. The predicted octanol–water partition coefficient (Wildman–Crippen LogP) is 5.55. The van der Waals surface area contributed by atoms with Crippen LogP contribution in [0.4, 0.5) is 26.3 Å². The number of methoxy groups -OCH3 is 1.